The molecule has 0 atom stereocenters. The summed E-state index contributed by atoms with van der Waals surface area (Å²) in [6, 6.07) is 10.3. The van der Waals surface area contributed by atoms with E-state index in [0.29, 0.717) is 12.1 Å². The van der Waals surface area contributed by atoms with E-state index in [-0.39, 0.29) is 11.7 Å². The second kappa shape index (κ2) is 6.39. The summed E-state index contributed by atoms with van der Waals surface area (Å²) in [7, 11) is 1.61. The molecule has 2 N–H and O–H groups in total. The first-order valence-electron chi connectivity index (χ1n) is 6.83. The lowest BCUT2D eigenvalue weighted by Crippen LogP contribution is -2.19. The van der Waals surface area contributed by atoms with Gasteiger partial charge in [-0.1, -0.05) is 12.1 Å². The number of amides is 1. The van der Waals surface area contributed by atoms with Crippen molar-refractivity contribution >= 4 is 11.6 Å². The van der Waals surface area contributed by atoms with Gasteiger partial charge >= 0.3 is 0 Å². The Bertz CT molecular complexity index is 668. The fourth-order valence-electron chi connectivity index (χ4n) is 2.26. The molecule has 2 aromatic carbocycles. The van der Waals surface area contributed by atoms with Gasteiger partial charge in [-0.15, -0.1) is 0 Å². The topological polar surface area (TPSA) is 41.1 Å². The van der Waals surface area contributed by atoms with Crippen molar-refractivity contribution in [1.29, 1.82) is 0 Å². The Balaban J connectivity index is 2.18. The van der Waals surface area contributed by atoms with Gasteiger partial charge in [0, 0.05) is 24.8 Å². The van der Waals surface area contributed by atoms with Crippen molar-refractivity contribution in [2.75, 3.05) is 12.4 Å². The molecule has 2 rings (SSSR count). The van der Waals surface area contributed by atoms with Gasteiger partial charge < -0.3 is 10.6 Å². The van der Waals surface area contributed by atoms with Crippen molar-refractivity contribution in [2.24, 2.45) is 0 Å². The third-order valence-electron chi connectivity index (χ3n) is 3.58. The normalized spacial score (nSPS) is 10.3. The number of carbonyl (C=O) groups is 1. The van der Waals surface area contributed by atoms with E-state index in [1.165, 1.54) is 12.1 Å². The number of aryl methyl sites for hydroxylation is 1. The van der Waals surface area contributed by atoms with E-state index in [1.807, 2.05) is 26.0 Å². The van der Waals surface area contributed by atoms with E-state index in [0.717, 1.165) is 22.4 Å². The number of hydrogen-bond acceptors (Lipinski definition) is 2. The summed E-state index contributed by atoms with van der Waals surface area (Å²) in [6.45, 7) is 4.38. The molecule has 0 bridgehead atoms. The summed E-state index contributed by atoms with van der Waals surface area (Å²) in [5.74, 6) is -0.330. The van der Waals surface area contributed by atoms with Gasteiger partial charge in [-0.05, 0) is 54.8 Å². The zero-order valence-corrected chi connectivity index (χ0v) is 12.5. The van der Waals surface area contributed by atoms with Crippen LogP contribution in [0.4, 0.5) is 10.1 Å². The van der Waals surface area contributed by atoms with Crippen molar-refractivity contribution in [2.45, 2.75) is 20.4 Å². The zero-order valence-electron chi connectivity index (χ0n) is 12.5. The molecule has 0 heterocycles. The highest BCUT2D eigenvalue weighted by atomic mass is 19.1. The molecule has 0 fully saturated rings. The Morgan fingerprint density at radius 1 is 1.19 bits per heavy atom. The van der Waals surface area contributed by atoms with E-state index >= 15 is 0 Å². The maximum atomic E-state index is 13.1. The molecule has 3 nitrogen and oxygen atoms in total. The van der Waals surface area contributed by atoms with E-state index in [2.05, 4.69) is 10.6 Å². The minimum absolute atomic E-state index is 0.103. The van der Waals surface area contributed by atoms with Crippen LogP contribution in [0.3, 0.4) is 0 Å². The van der Waals surface area contributed by atoms with Crippen LogP contribution in [0.2, 0.25) is 0 Å². The highest BCUT2D eigenvalue weighted by Gasteiger charge is 2.10. The number of carbonyl (C=O) groups excluding carboxylic acids is 1. The molecule has 1 amide bonds. The number of halogens is 1. The Kier molecular flexibility index (Phi) is 4.58. The smallest absolute Gasteiger partial charge is 0.251 e. The van der Waals surface area contributed by atoms with E-state index in [1.54, 1.807) is 19.2 Å². The Labute approximate surface area is 124 Å². The van der Waals surface area contributed by atoms with Gasteiger partial charge in [-0.3, -0.25) is 4.79 Å². The van der Waals surface area contributed by atoms with E-state index < -0.39 is 0 Å². The molecule has 21 heavy (non-hydrogen) atoms. The van der Waals surface area contributed by atoms with Crippen LogP contribution >= 0.6 is 0 Å². The van der Waals surface area contributed by atoms with Crippen LogP contribution in [0.1, 0.15) is 27.0 Å². The molecule has 2 aromatic rings. The molecule has 4 heteroatoms. The number of nitrogens with one attached hydrogen (secondary N) is 2. The van der Waals surface area contributed by atoms with E-state index in [4.69, 9.17) is 0 Å². The number of hydrogen-bond donors (Lipinski definition) is 2. The lowest BCUT2D eigenvalue weighted by atomic mass is 10.0. The van der Waals surface area contributed by atoms with Crippen molar-refractivity contribution in [1.82, 2.24) is 5.32 Å². The SMILES string of the molecule is CNC(=O)c1cccc(NCc2ccc(F)cc2C)c1C. The maximum Gasteiger partial charge on any atom is 0.251 e. The molecule has 0 aliphatic heterocycles. The first-order valence-corrected chi connectivity index (χ1v) is 6.83. The molecule has 0 unspecified atom stereocenters. The first kappa shape index (κ1) is 15.0. The molecule has 0 aromatic heterocycles. The van der Waals surface area contributed by atoms with Crippen molar-refractivity contribution < 1.29 is 9.18 Å². The molecular weight excluding hydrogens is 267 g/mol. The average Bonchev–Trinajstić information content (AvgIpc) is 2.47. The van der Waals surface area contributed by atoms with Gasteiger partial charge in [0.1, 0.15) is 5.82 Å². The highest BCUT2D eigenvalue weighted by Crippen LogP contribution is 2.20. The third-order valence-corrected chi connectivity index (χ3v) is 3.58. The first-order chi connectivity index (χ1) is 10.0. The van der Waals surface area contributed by atoms with Gasteiger partial charge in [0.2, 0.25) is 0 Å². The average molecular weight is 286 g/mol. The molecule has 110 valence electrons. The van der Waals surface area contributed by atoms with Crippen LogP contribution in [0, 0.1) is 19.7 Å². The summed E-state index contributed by atoms with van der Waals surface area (Å²) >= 11 is 0. The molecule has 0 spiro atoms. The Hall–Kier alpha value is -2.36. The summed E-state index contributed by atoms with van der Waals surface area (Å²) in [6.07, 6.45) is 0. The second-order valence-corrected chi connectivity index (χ2v) is 4.98. The quantitative estimate of drug-likeness (QED) is 0.904. The lowest BCUT2D eigenvalue weighted by Gasteiger charge is -2.14. The highest BCUT2D eigenvalue weighted by molar-refractivity contribution is 5.96. The number of rotatable bonds is 4. The number of benzene rings is 2. The molecule has 0 saturated heterocycles. The van der Waals surface area contributed by atoms with Gasteiger partial charge in [0.25, 0.3) is 5.91 Å². The maximum absolute atomic E-state index is 13.1. The van der Waals surface area contributed by atoms with Gasteiger partial charge in [0.15, 0.2) is 0 Å². The van der Waals surface area contributed by atoms with Crippen LogP contribution in [-0.2, 0) is 6.54 Å². The van der Waals surface area contributed by atoms with Gasteiger partial charge in [-0.25, -0.2) is 4.39 Å². The second-order valence-electron chi connectivity index (χ2n) is 4.98. The zero-order chi connectivity index (χ0) is 15.4. The monoisotopic (exact) mass is 286 g/mol. The fourth-order valence-corrected chi connectivity index (χ4v) is 2.26. The van der Waals surface area contributed by atoms with Crippen LogP contribution in [-0.4, -0.2) is 13.0 Å². The summed E-state index contributed by atoms with van der Waals surface area (Å²) < 4.78 is 13.1. The van der Waals surface area contributed by atoms with Crippen LogP contribution in [0.25, 0.3) is 0 Å². The van der Waals surface area contributed by atoms with E-state index in [9.17, 15) is 9.18 Å². The van der Waals surface area contributed by atoms with Crippen molar-refractivity contribution in [3.8, 4) is 0 Å². The van der Waals surface area contributed by atoms with Crippen molar-refractivity contribution in [3.63, 3.8) is 0 Å². The van der Waals surface area contributed by atoms with Gasteiger partial charge in [0.05, 0.1) is 0 Å². The minimum atomic E-state index is -0.228. The number of anilines is 1. The third kappa shape index (κ3) is 3.40. The predicted molar refractivity (Wildman–Crippen MR) is 83.0 cm³/mol. The van der Waals surface area contributed by atoms with Crippen molar-refractivity contribution in [3.05, 3.63) is 64.5 Å². The summed E-state index contributed by atoms with van der Waals surface area (Å²) in [5.41, 5.74) is 4.39. The summed E-state index contributed by atoms with van der Waals surface area (Å²) in [5, 5.41) is 5.94. The molecule has 0 saturated carbocycles. The summed E-state index contributed by atoms with van der Waals surface area (Å²) in [4.78, 5) is 11.8. The lowest BCUT2D eigenvalue weighted by molar-refractivity contribution is 0.0962. The Morgan fingerprint density at radius 2 is 1.95 bits per heavy atom. The van der Waals surface area contributed by atoms with Gasteiger partial charge in [-0.2, -0.15) is 0 Å². The van der Waals surface area contributed by atoms with Crippen LogP contribution in [0.5, 0.6) is 0 Å². The molecule has 0 radical (unpaired) electrons. The standard InChI is InChI=1S/C17H19FN2O/c1-11-9-14(18)8-7-13(11)10-20-16-6-4-5-15(12(16)2)17(21)19-3/h4-9,20H,10H2,1-3H3,(H,19,21). The molecular formula is C17H19FN2O. The molecule has 0 aliphatic rings. The minimum Gasteiger partial charge on any atom is -0.381 e. The molecule has 0 aliphatic carbocycles. The largest absolute Gasteiger partial charge is 0.381 e. The predicted octanol–water partition coefficient (Wildman–Crippen LogP) is 3.41. The fraction of sp³-hybridized carbons (Fsp3) is 0.235. The van der Waals surface area contributed by atoms with Crippen LogP contribution in [0.15, 0.2) is 36.4 Å². The van der Waals surface area contributed by atoms with Crippen LogP contribution < -0.4 is 10.6 Å². The Morgan fingerprint density at radius 3 is 2.62 bits per heavy atom.